The van der Waals surface area contributed by atoms with Gasteiger partial charge in [-0.3, -0.25) is 14.4 Å². The fraction of sp³-hybridized carbons (Fsp3) is 0.400. The lowest BCUT2D eigenvalue weighted by atomic mass is 9.74. The smallest absolute Gasteiger partial charge is 0.361 e. The van der Waals surface area contributed by atoms with Gasteiger partial charge in [0.1, 0.15) is 54.0 Å². The summed E-state index contributed by atoms with van der Waals surface area (Å²) in [5.41, 5.74) is -4.23. The molecule has 1 aliphatic heterocycles. The number of nitrogens with zero attached hydrogens (tertiary/aromatic N) is 1. The molecule has 2 aliphatic carbocycles. The number of aromatic hydroxyl groups is 3. The predicted molar refractivity (Wildman–Crippen MR) is 204 cm³/mol. The fourth-order valence-electron chi connectivity index (χ4n) is 8.08. The van der Waals surface area contributed by atoms with Crippen LogP contribution in [0.4, 0.5) is 0 Å². The molecule has 62 heavy (non-hydrogen) atoms. The maximum atomic E-state index is 14.1. The molecule has 0 radical (unpaired) electrons. The van der Waals surface area contributed by atoms with E-state index in [4.69, 9.17) is 28.8 Å². The van der Waals surface area contributed by atoms with Gasteiger partial charge in [0.15, 0.2) is 23.9 Å². The molecule has 1 saturated heterocycles. The molecular formula is C40H42N2O20. The SMILES string of the molecule is COc1cc(O)c2c(c1)C(=O)c1c(cc3c(c1O)-c1c(cc(C)c(C(=O)N[C@@H](CO)C(=O)O)c1O)[C@H](O[C@@H]1O[C@H](C)[C@H](N(C)C)[C@H](O[C@H](OCC(=O)O)C(=O)O)[C@H]1O)[C@H]3O)C2=O. The molecule has 0 spiro atoms. The number of aliphatic hydroxyl groups is 3. The maximum absolute atomic E-state index is 14.1. The minimum absolute atomic E-state index is 0.0207. The van der Waals surface area contributed by atoms with Crippen LogP contribution in [0.5, 0.6) is 23.0 Å². The summed E-state index contributed by atoms with van der Waals surface area (Å²) in [6, 6.07) is 1.64. The van der Waals surface area contributed by atoms with Crippen LogP contribution in [-0.4, -0.2) is 164 Å². The van der Waals surface area contributed by atoms with Gasteiger partial charge in [0.05, 0.1) is 42.6 Å². The van der Waals surface area contributed by atoms with Crippen LogP contribution in [0, 0.1) is 6.92 Å². The van der Waals surface area contributed by atoms with Gasteiger partial charge in [-0.15, -0.1) is 0 Å². The molecule has 0 saturated carbocycles. The number of amides is 1. The first-order chi connectivity index (χ1) is 29.1. The molecule has 332 valence electrons. The Morgan fingerprint density at radius 2 is 1.50 bits per heavy atom. The highest BCUT2D eigenvalue weighted by atomic mass is 16.7. The van der Waals surface area contributed by atoms with Crippen LogP contribution < -0.4 is 10.1 Å². The highest BCUT2D eigenvalue weighted by Crippen LogP contribution is 2.57. The zero-order valence-corrected chi connectivity index (χ0v) is 33.4. The Morgan fingerprint density at radius 1 is 0.871 bits per heavy atom. The number of aliphatic carboxylic acids is 3. The number of methoxy groups -OCH3 is 1. The first-order valence-electron chi connectivity index (χ1n) is 18.6. The van der Waals surface area contributed by atoms with E-state index >= 15 is 0 Å². The van der Waals surface area contributed by atoms with E-state index < -0.39 is 160 Å². The first-order valence-corrected chi connectivity index (χ1v) is 18.6. The van der Waals surface area contributed by atoms with Gasteiger partial charge in [0, 0.05) is 28.3 Å². The zero-order valence-electron chi connectivity index (χ0n) is 33.4. The summed E-state index contributed by atoms with van der Waals surface area (Å²) in [4.78, 5) is 78.2. The Kier molecular flexibility index (Phi) is 12.6. The third kappa shape index (κ3) is 7.77. The number of phenolic OH excluding ortho intramolecular Hbond substituents is 3. The molecule has 6 rings (SSSR count). The number of ether oxygens (including phenoxy) is 5. The summed E-state index contributed by atoms with van der Waals surface area (Å²) >= 11 is 0. The van der Waals surface area contributed by atoms with Crippen LogP contribution in [-0.2, 0) is 33.3 Å². The van der Waals surface area contributed by atoms with Crippen molar-refractivity contribution in [1.82, 2.24) is 10.2 Å². The number of likely N-dealkylation sites (N-methyl/N-ethyl adjacent to an activating group) is 1. The zero-order chi connectivity index (χ0) is 45.8. The van der Waals surface area contributed by atoms with E-state index in [0.29, 0.717) is 0 Å². The van der Waals surface area contributed by atoms with Gasteiger partial charge < -0.3 is 79.9 Å². The normalized spacial score (nSPS) is 23.7. The maximum Gasteiger partial charge on any atom is 0.361 e. The molecule has 0 bridgehead atoms. The van der Waals surface area contributed by atoms with E-state index in [-0.39, 0.29) is 22.4 Å². The fourth-order valence-corrected chi connectivity index (χ4v) is 8.08. The van der Waals surface area contributed by atoms with Crippen molar-refractivity contribution in [2.75, 3.05) is 34.4 Å². The van der Waals surface area contributed by atoms with Gasteiger partial charge in [0.2, 0.25) is 0 Å². The third-order valence-electron chi connectivity index (χ3n) is 10.8. The van der Waals surface area contributed by atoms with Gasteiger partial charge in [-0.25, -0.2) is 14.4 Å². The van der Waals surface area contributed by atoms with E-state index in [1.54, 1.807) is 14.1 Å². The second-order valence-corrected chi connectivity index (χ2v) is 14.9. The number of rotatable bonds is 14. The largest absolute Gasteiger partial charge is 0.507 e. The summed E-state index contributed by atoms with van der Waals surface area (Å²) < 4.78 is 28.0. The summed E-state index contributed by atoms with van der Waals surface area (Å²) in [5, 5.41) is 98.8. The van der Waals surface area contributed by atoms with Crippen molar-refractivity contribution in [2.24, 2.45) is 0 Å². The van der Waals surface area contributed by atoms with Crippen molar-refractivity contribution < 1.29 is 98.4 Å². The minimum Gasteiger partial charge on any atom is -0.507 e. The highest BCUT2D eigenvalue weighted by Gasteiger charge is 2.51. The number of ketones is 2. The van der Waals surface area contributed by atoms with Crippen molar-refractivity contribution >= 4 is 35.4 Å². The van der Waals surface area contributed by atoms with E-state index in [1.165, 1.54) is 31.9 Å². The van der Waals surface area contributed by atoms with Crippen LogP contribution >= 0.6 is 0 Å². The van der Waals surface area contributed by atoms with Crippen molar-refractivity contribution in [3.05, 3.63) is 68.8 Å². The highest BCUT2D eigenvalue weighted by molar-refractivity contribution is 6.31. The Bertz CT molecular complexity index is 2380. The van der Waals surface area contributed by atoms with Crippen molar-refractivity contribution in [1.29, 1.82) is 0 Å². The Hall–Kier alpha value is -6.24. The number of hydrogen-bond acceptors (Lipinski definition) is 18. The average molecular weight is 871 g/mol. The van der Waals surface area contributed by atoms with Gasteiger partial charge in [-0.1, -0.05) is 6.07 Å². The number of carbonyl (C=O) groups is 6. The lowest BCUT2D eigenvalue weighted by Gasteiger charge is -2.47. The number of fused-ring (bicyclic) bond motifs is 5. The Morgan fingerprint density at radius 3 is 2.08 bits per heavy atom. The average Bonchev–Trinajstić information content (AvgIpc) is 3.19. The number of hydrogen-bond donors (Lipinski definition) is 10. The van der Waals surface area contributed by atoms with Gasteiger partial charge >= 0.3 is 17.9 Å². The number of phenols is 3. The number of nitrogens with one attached hydrogen (secondary N) is 1. The summed E-state index contributed by atoms with van der Waals surface area (Å²) in [6.45, 7) is 0.664. The van der Waals surface area contributed by atoms with Crippen molar-refractivity contribution in [2.45, 2.75) is 69.0 Å². The van der Waals surface area contributed by atoms with Crippen molar-refractivity contribution in [3.63, 3.8) is 0 Å². The molecular weight excluding hydrogens is 828 g/mol. The molecule has 22 heteroatoms. The van der Waals surface area contributed by atoms with Gasteiger partial charge in [-0.05, 0) is 56.8 Å². The van der Waals surface area contributed by atoms with Crippen LogP contribution in [0.25, 0.3) is 11.1 Å². The minimum atomic E-state index is -2.22. The van der Waals surface area contributed by atoms with Gasteiger partial charge in [-0.2, -0.15) is 0 Å². The first kappa shape index (κ1) is 45.3. The van der Waals surface area contributed by atoms with Crippen LogP contribution in [0.2, 0.25) is 0 Å². The molecule has 0 aromatic heterocycles. The Labute approximate surface area is 350 Å². The number of carbonyl (C=O) groups excluding carboxylic acids is 3. The number of benzene rings is 3. The van der Waals surface area contributed by atoms with Crippen molar-refractivity contribution in [3.8, 4) is 34.1 Å². The van der Waals surface area contributed by atoms with E-state index in [0.717, 1.165) is 18.2 Å². The van der Waals surface area contributed by atoms with E-state index in [2.05, 4.69) is 5.32 Å². The lowest BCUT2D eigenvalue weighted by Crippen LogP contribution is -2.64. The lowest BCUT2D eigenvalue weighted by molar-refractivity contribution is -0.323. The molecule has 1 heterocycles. The topological polar surface area (TPSA) is 346 Å². The molecule has 3 aliphatic rings. The molecule has 0 unspecified atom stereocenters. The monoisotopic (exact) mass is 870 g/mol. The second-order valence-electron chi connectivity index (χ2n) is 14.9. The quantitative estimate of drug-likeness (QED) is 0.0732. The molecule has 22 nitrogen and oxygen atoms in total. The molecule has 1 fully saturated rings. The van der Waals surface area contributed by atoms with Crippen LogP contribution in [0.15, 0.2) is 24.3 Å². The molecule has 10 N–H and O–H groups in total. The predicted octanol–water partition coefficient (Wildman–Crippen LogP) is -0.224. The number of aliphatic hydroxyl groups excluding tert-OH is 3. The number of carboxylic acid groups (broad SMARTS) is 3. The molecule has 3 aromatic rings. The van der Waals surface area contributed by atoms with Crippen LogP contribution in [0.3, 0.4) is 0 Å². The standard InChI is InChI=1S/C40H42N2O20/c1-12-6-18-25(31(50)22(12)36(53)41-19(10-43)37(54)55)24-16(9-17-26(32(24)51)29(48)15-7-14(58-5)8-20(44)23(15)28(17)47)30(49)34(18)61-39-33(52)35(27(42(3)4)13(2)60-39)62-40(38(56)57)59-11-21(45)46/h6-9,13,19,27,30,33-35,39-40,43-44,49-52H,10-11H2,1-5H3,(H,41,53)(H,45,46)(H,54,55)(H,56,57)/t13-,19+,27+,30+,33-,34+,35+,39+,40+/m1/s1. The summed E-state index contributed by atoms with van der Waals surface area (Å²) in [5.74, 6) is -10.7. The molecule has 1 amide bonds. The van der Waals surface area contributed by atoms with Gasteiger partial charge in [0.25, 0.3) is 12.2 Å². The second kappa shape index (κ2) is 17.3. The Balaban J connectivity index is 1.53. The van der Waals surface area contributed by atoms with Crippen LogP contribution in [0.1, 0.15) is 78.0 Å². The summed E-state index contributed by atoms with van der Waals surface area (Å²) in [7, 11) is 4.34. The molecule has 3 aromatic carbocycles. The number of aryl methyl sites for hydroxylation is 1. The number of carboxylic acids is 3. The molecule has 9 atom stereocenters. The van der Waals surface area contributed by atoms with E-state index in [9.17, 15) is 69.6 Å². The third-order valence-corrected chi connectivity index (χ3v) is 10.8. The summed E-state index contributed by atoms with van der Waals surface area (Å²) in [6.07, 6.45) is -12.4. The van der Waals surface area contributed by atoms with E-state index in [1.807, 2.05) is 0 Å².